The average molecular weight is 341 g/mol. The Morgan fingerprint density at radius 2 is 1.52 bits per heavy atom. The molecule has 1 aromatic heterocycles. The Bertz CT molecular complexity index is 710. The minimum Gasteiger partial charge on any atom is -0.438 e. The molecule has 0 spiro atoms. The van der Waals surface area contributed by atoms with Gasteiger partial charge in [0.1, 0.15) is 5.75 Å². The number of aromatic nitrogens is 1. The lowest BCUT2D eigenvalue weighted by atomic mass is 9.95. The molecule has 25 heavy (non-hydrogen) atoms. The predicted molar refractivity (Wildman–Crippen MR) is 104 cm³/mol. The van der Waals surface area contributed by atoms with E-state index in [1.165, 1.54) is 11.1 Å². The molecule has 0 atom stereocenters. The second-order valence-corrected chi connectivity index (χ2v) is 6.93. The van der Waals surface area contributed by atoms with E-state index < -0.39 is 0 Å². The molecule has 3 heteroatoms. The molecule has 0 N–H and O–H groups in total. The van der Waals surface area contributed by atoms with E-state index in [0.29, 0.717) is 18.4 Å². The number of hydrogen-bond donors (Lipinski definition) is 0. The maximum atomic E-state index is 6.32. The maximum Gasteiger partial charge on any atom is 0.225 e. The molecule has 2 rings (SSSR count). The Balaban J connectivity index is 2.53. The van der Waals surface area contributed by atoms with Gasteiger partial charge in [0.15, 0.2) is 0 Å². The molecular weight excluding hydrogens is 310 g/mol. The van der Waals surface area contributed by atoms with E-state index in [1.54, 1.807) is 7.11 Å². The van der Waals surface area contributed by atoms with Gasteiger partial charge in [-0.1, -0.05) is 31.5 Å². The fourth-order valence-electron chi connectivity index (χ4n) is 3.53. The molecule has 0 fully saturated rings. The van der Waals surface area contributed by atoms with Crippen molar-refractivity contribution in [1.82, 2.24) is 4.98 Å². The number of rotatable bonds is 7. The van der Waals surface area contributed by atoms with Crippen molar-refractivity contribution in [1.29, 1.82) is 0 Å². The van der Waals surface area contributed by atoms with Crippen molar-refractivity contribution in [2.45, 2.75) is 66.9 Å². The van der Waals surface area contributed by atoms with E-state index in [9.17, 15) is 0 Å². The van der Waals surface area contributed by atoms with Gasteiger partial charge in [-0.05, 0) is 63.3 Å². The first-order valence-corrected chi connectivity index (χ1v) is 9.16. The summed E-state index contributed by atoms with van der Waals surface area (Å²) in [5.74, 6) is 2.03. The van der Waals surface area contributed by atoms with Crippen LogP contribution in [0.15, 0.2) is 18.2 Å². The molecule has 1 heterocycles. The Labute approximate surface area is 152 Å². The van der Waals surface area contributed by atoms with Crippen LogP contribution in [0.2, 0.25) is 0 Å². The van der Waals surface area contributed by atoms with Gasteiger partial charge in [0.2, 0.25) is 5.88 Å². The predicted octanol–water partition coefficient (Wildman–Crippen LogP) is 6.16. The number of ether oxygens (including phenoxy) is 2. The maximum absolute atomic E-state index is 6.32. The van der Waals surface area contributed by atoms with Gasteiger partial charge in [-0.2, -0.15) is 0 Å². The fraction of sp³-hybridized carbons (Fsp3) is 0.500. The van der Waals surface area contributed by atoms with Crippen molar-refractivity contribution >= 4 is 0 Å². The first-order valence-electron chi connectivity index (χ1n) is 9.16. The molecule has 0 aliphatic rings. The molecule has 0 aliphatic carbocycles. The summed E-state index contributed by atoms with van der Waals surface area (Å²) in [6, 6.07) is 6.46. The Kier molecular flexibility index (Phi) is 6.60. The molecule has 2 aromatic rings. The standard InChI is InChI=1S/C22H31NO2/c1-8-18(9-2)20-15(4)12-19(13-24-7)22(23-20)25-21-16(5)10-14(3)11-17(21)6/h10-12,18H,8-9,13H2,1-7H3. The van der Waals surface area contributed by atoms with Gasteiger partial charge in [0.25, 0.3) is 0 Å². The molecule has 0 unspecified atom stereocenters. The van der Waals surface area contributed by atoms with Crippen molar-refractivity contribution in [2.75, 3.05) is 7.11 Å². The summed E-state index contributed by atoms with van der Waals surface area (Å²) in [7, 11) is 1.70. The van der Waals surface area contributed by atoms with Crippen molar-refractivity contribution in [3.05, 3.63) is 51.7 Å². The Hall–Kier alpha value is -1.87. The van der Waals surface area contributed by atoms with Crippen LogP contribution < -0.4 is 4.74 Å². The van der Waals surface area contributed by atoms with Crippen LogP contribution >= 0.6 is 0 Å². The van der Waals surface area contributed by atoms with Gasteiger partial charge in [0.05, 0.1) is 12.3 Å². The lowest BCUT2D eigenvalue weighted by Gasteiger charge is -2.20. The average Bonchev–Trinajstić information content (AvgIpc) is 2.55. The zero-order valence-electron chi connectivity index (χ0n) is 16.7. The van der Waals surface area contributed by atoms with Gasteiger partial charge in [-0.15, -0.1) is 0 Å². The molecule has 0 radical (unpaired) electrons. The Morgan fingerprint density at radius 1 is 0.920 bits per heavy atom. The number of benzene rings is 1. The van der Waals surface area contributed by atoms with Gasteiger partial charge in [-0.3, -0.25) is 0 Å². The number of pyridine rings is 1. The zero-order valence-corrected chi connectivity index (χ0v) is 16.7. The lowest BCUT2D eigenvalue weighted by Crippen LogP contribution is -2.07. The third kappa shape index (κ3) is 4.40. The van der Waals surface area contributed by atoms with E-state index in [2.05, 4.69) is 59.7 Å². The van der Waals surface area contributed by atoms with E-state index in [0.717, 1.165) is 41.0 Å². The van der Waals surface area contributed by atoms with Crippen LogP contribution in [0.1, 0.15) is 66.1 Å². The largest absolute Gasteiger partial charge is 0.438 e. The van der Waals surface area contributed by atoms with Gasteiger partial charge < -0.3 is 9.47 Å². The summed E-state index contributed by atoms with van der Waals surface area (Å²) in [6.07, 6.45) is 2.16. The van der Waals surface area contributed by atoms with E-state index in [4.69, 9.17) is 14.5 Å². The minimum atomic E-state index is 0.458. The van der Waals surface area contributed by atoms with Crippen LogP contribution in [0.25, 0.3) is 0 Å². The molecule has 0 saturated carbocycles. The number of hydrogen-bond acceptors (Lipinski definition) is 3. The van der Waals surface area contributed by atoms with Gasteiger partial charge in [-0.25, -0.2) is 4.98 Å². The van der Waals surface area contributed by atoms with Crippen molar-refractivity contribution < 1.29 is 9.47 Å². The molecule has 0 bridgehead atoms. The second kappa shape index (κ2) is 8.48. The zero-order chi connectivity index (χ0) is 18.6. The third-order valence-corrected chi connectivity index (χ3v) is 4.77. The summed E-state index contributed by atoms with van der Waals surface area (Å²) in [5, 5.41) is 0. The highest BCUT2D eigenvalue weighted by molar-refractivity contribution is 5.46. The molecule has 3 nitrogen and oxygen atoms in total. The molecule has 0 amide bonds. The highest BCUT2D eigenvalue weighted by atomic mass is 16.5. The van der Waals surface area contributed by atoms with Crippen LogP contribution in [-0.4, -0.2) is 12.1 Å². The smallest absolute Gasteiger partial charge is 0.225 e. The molecule has 136 valence electrons. The van der Waals surface area contributed by atoms with Crippen molar-refractivity contribution in [3.8, 4) is 11.6 Å². The summed E-state index contributed by atoms with van der Waals surface area (Å²) in [5.41, 5.74) is 6.86. The number of methoxy groups -OCH3 is 1. The van der Waals surface area contributed by atoms with E-state index in [1.807, 2.05) is 0 Å². The summed E-state index contributed by atoms with van der Waals surface area (Å²) < 4.78 is 11.7. The monoisotopic (exact) mass is 341 g/mol. The second-order valence-electron chi connectivity index (χ2n) is 6.93. The molecule has 0 saturated heterocycles. The molecule has 0 aliphatic heterocycles. The van der Waals surface area contributed by atoms with Crippen LogP contribution in [0, 0.1) is 27.7 Å². The quantitative estimate of drug-likeness (QED) is 0.604. The highest BCUT2D eigenvalue weighted by Crippen LogP contribution is 2.34. The first kappa shape index (κ1) is 19.5. The van der Waals surface area contributed by atoms with Crippen molar-refractivity contribution in [3.63, 3.8) is 0 Å². The number of nitrogens with zero attached hydrogens (tertiary/aromatic N) is 1. The number of aryl methyl sites for hydroxylation is 4. The summed E-state index contributed by atoms with van der Waals surface area (Å²) in [6.45, 7) is 13.3. The summed E-state index contributed by atoms with van der Waals surface area (Å²) >= 11 is 0. The van der Waals surface area contributed by atoms with Crippen LogP contribution in [0.5, 0.6) is 11.6 Å². The minimum absolute atomic E-state index is 0.458. The topological polar surface area (TPSA) is 31.4 Å². The lowest BCUT2D eigenvalue weighted by molar-refractivity contribution is 0.181. The van der Waals surface area contributed by atoms with Crippen molar-refractivity contribution in [2.24, 2.45) is 0 Å². The Morgan fingerprint density at radius 3 is 2.04 bits per heavy atom. The van der Waals surface area contributed by atoms with Gasteiger partial charge in [0, 0.05) is 18.6 Å². The van der Waals surface area contributed by atoms with Crippen LogP contribution in [0.4, 0.5) is 0 Å². The fourth-order valence-corrected chi connectivity index (χ4v) is 3.53. The molecule has 1 aromatic carbocycles. The van der Waals surface area contributed by atoms with Crippen LogP contribution in [0.3, 0.4) is 0 Å². The highest BCUT2D eigenvalue weighted by Gasteiger charge is 2.18. The van der Waals surface area contributed by atoms with E-state index >= 15 is 0 Å². The summed E-state index contributed by atoms with van der Waals surface area (Å²) in [4.78, 5) is 4.93. The normalized spacial score (nSPS) is 11.2. The molecular formula is C22H31NO2. The third-order valence-electron chi connectivity index (χ3n) is 4.77. The first-order chi connectivity index (χ1) is 11.9. The SMILES string of the molecule is CCC(CC)c1nc(Oc2c(C)cc(C)cc2C)c(COC)cc1C. The van der Waals surface area contributed by atoms with E-state index in [-0.39, 0.29) is 0 Å². The van der Waals surface area contributed by atoms with Crippen LogP contribution in [-0.2, 0) is 11.3 Å². The van der Waals surface area contributed by atoms with Gasteiger partial charge >= 0.3 is 0 Å².